The van der Waals surface area contributed by atoms with E-state index in [9.17, 15) is 19.2 Å². The van der Waals surface area contributed by atoms with Crippen LogP contribution in [0.1, 0.15) is 349 Å². The highest BCUT2D eigenvalue weighted by atomic mass is 16.5. The summed E-state index contributed by atoms with van der Waals surface area (Å²) >= 11 is 0. The van der Waals surface area contributed by atoms with Crippen LogP contribution in [0.2, 0.25) is 0 Å². The van der Waals surface area contributed by atoms with Crippen LogP contribution < -0.4 is 38.1 Å². The van der Waals surface area contributed by atoms with E-state index in [0.717, 1.165) is 125 Å². The summed E-state index contributed by atoms with van der Waals surface area (Å²) in [6.45, 7) is 28.2. The summed E-state index contributed by atoms with van der Waals surface area (Å²) in [7, 11) is 0. The van der Waals surface area contributed by atoms with Crippen LogP contribution in [0.25, 0.3) is 36.5 Å². The fourth-order valence-electron chi connectivity index (χ4n) is 13.1. The number of nitrogens with zero attached hydrogens (tertiary/aromatic N) is 3. The van der Waals surface area contributed by atoms with Crippen molar-refractivity contribution in [2.45, 2.75) is 294 Å². The van der Waals surface area contributed by atoms with E-state index in [2.05, 4.69) is 141 Å². The van der Waals surface area contributed by atoms with Crippen molar-refractivity contribution >= 4 is 77.5 Å². The fraction of sp³-hybridized carbons (Fsp3) is 0.583. The van der Waals surface area contributed by atoms with E-state index in [1.165, 1.54) is 178 Å². The lowest BCUT2D eigenvalue weighted by atomic mass is 10.0. The lowest BCUT2D eigenvalue weighted by Crippen LogP contribution is -2.29. The topological polar surface area (TPSA) is 161 Å². The Morgan fingerprint density at radius 1 is 0.327 bits per heavy atom. The highest BCUT2D eigenvalue weighted by molar-refractivity contribution is 6.37. The van der Waals surface area contributed by atoms with Crippen molar-refractivity contribution in [2.24, 2.45) is 33.7 Å². The third-order valence-corrected chi connectivity index (χ3v) is 21.3. The van der Waals surface area contributed by atoms with Gasteiger partial charge in [-0.15, -0.1) is 0 Å². The van der Waals surface area contributed by atoms with Crippen LogP contribution in [0.15, 0.2) is 82.8 Å². The molecule has 4 atom stereocenters. The number of amides is 2. The van der Waals surface area contributed by atoms with E-state index in [-0.39, 0.29) is 40.0 Å². The van der Waals surface area contributed by atoms with Crippen molar-refractivity contribution in [1.29, 1.82) is 0 Å². The van der Waals surface area contributed by atoms with Gasteiger partial charge in [0.2, 0.25) is 17.9 Å². The summed E-state index contributed by atoms with van der Waals surface area (Å²) in [5, 5.41) is 0. The molecule has 1 heterocycles. The lowest BCUT2D eigenvalue weighted by Gasteiger charge is -2.19. The molecule has 5 aromatic rings. The summed E-state index contributed by atoms with van der Waals surface area (Å²) in [6.07, 6.45) is 56.7. The molecule has 110 heavy (non-hydrogen) atoms. The van der Waals surface area contributed by atoms with E-state index >= 15 is 0 Å². The van der Waals surface area contributed by atoms with Gasteiger partial charge in [-0.2, -0.15) is 9.98 Å². The van der Waals surface area contributed by atoms with Crippen LogP contribution in [0.4, 0.5) is 17.1 Å². The lowest BCUT2D eigenvalue weighted by molar-refractivity contribution is 0.0926. The van der Waals surface area contributed by atoms with Crippen molar-refractivity contribution in [3.05, 3.63) is 117 Å². The average Bonchev–Trinajstić information content (AvgIpc) is 1.59. The first-order valence-electron chi connectivity index (χ1n) is 43.0. The SMILES string of the molecule is CCCCCCCCCCCCOc1cc(/C=C/c2cc(OC[C@@H](C)CC)c(/C=C/c3cc(OC[C@@H](C)CC)c(/C=C/c4ccc(N5C(=O)c6c(N=C=O)ccc(N=C=O)c6C5=O)cc4)cc3OC[C@@H](C)CC)cc2OC[C@@H](C)CC)cc(OCCCCCCCCCCCC)c1OCCCCCCCCCCCC. The first-order valence-corrected chi connectivity index (χ1v) is 43.0. The molecule has 6 rings (SSSR count). The van der Waals surface area contributed by atoms with E-state index in [1.54, 1.807) is 24.3 Å². The van der Waals surface area contributed by atoms with Crippen LogP contribution in [0.5, 0.6) is 40.2 Å². The van der Waals surface area contributed by atoms with E-state index in [4.69, 9.17) is 33.2 Å². The molecule has 0 saturated heterocycles. The molecular weight excluding hydrogens is 1370 g/mol. The largest absolute Gasteiger partial charge is 0.493 e. The Morgan fingerprint density at radius 2 is 0.609 bits per heavy atom. The summed E-state index contributed by atoms with van der Waals surface area (Å²) in [5.74, 6) is 4.74. The molecule has 0 aliphatic carbocycles. The average molecular weight is 1510 g/mol. The standard InChI is InChI=1S/C96H137N3O11/c1-12-19-22-25-28-31-34-37-40-43-58-104-90-61-78(62-91(105-59-44-41-38-35-32-29-26-23-20-13-2)94(90)106-60-45-42-39-36-33-30-27-24-21-14-3)47-51-80-64-89(110-70-76(11)18-7)82(66-87(80)108-68-74(9)16-5)53-52-81-65-86(107-67-73(8)15-4)79(63-88(81)109-69-75(10)17-6)50-46-77-48-54-83(55-49-77)99-95(102)92-84(97-71-100)56-57-85(98-72-101)93(92)96(99)103/h46-57,61-66,73-76H,12-45,58-60,67-70H2,1-11H3/b50-46+,51-47+,53-52+/t73-,74-,75-,76-/m0/s1. The van der Waals surface area contributed by atoms with Gasteiger partial charge in [0, 0.05) is 22.3 Å². The third-order valence-electron chi connectivity index (χ3n) is 21.3. The quantitative estimate of drug-likeness (QED) is 0.0120. The molecule has 0 unspecified atom stereocenters. The summed E-state index contributed by atoms with van der Waals surface area (Å²) < 4.78 is 48.0. The van der Waals surface area contributed by atoms with Crippen molar-refractivity contribution < 1.29 is 52.3 Å². The number of aliphatic imine (C=N–C) groups is 2. The third kappa shape index (κ3) is 31.9. The van der Waals surface area contributed by atoms with Crippen LogP contribution in [0, 0.1) is 23.7 Å². The van der Waals surface area contributed by atoms with Gasteiger partial charge in [-0.1, -0.05) is 324 Å². The smallest absolute Gasteiger partial charge is 0.268 e. The number of rotatable bonds is 61. The Bertz CT molecular complexity index is 3590. The molecule has 0 fully saturated rings. The Morgan fingerprint density at radius 3 is 0.909 bits per heavy atom. The zero-order valence-electron chi connectivity index (χ0n) is 69.5. The van der Waals surface area contributed by atoms with E-state index < -0.39 is 11.8 Å². The predicted molar refractivity (Wildman–Crippen MR) is 458 cm³/mol. The summed E-state index contributed by atoms with van der Waals surface area (Å²) in [6, 6.07) is 22.2. The second kappa shape index (κ2) is 53.7. The molecule has 0 spiro atoms. The molecule has 0 saturated carbocycles. The molecular formula is C96H137N3O11. The highest BCUT2D eigenvalue weighted by Gasteiger charge is 2.41. The summed E-state index contributed by atoms with van der Waals surface area (Å²) in [5.41, 5.74) is 4.99. The number of imide groups is 1. The van der Waals surface area contributed by atoms with E-state index in [1.807, 2.05) is 18.2 Å². The van der Waals surface area contributed by atoms with Crippen molar-refractivity contribution in [3.63, 3.8) is 0 Å². The Balaban J connectivity index is 1.39. The number of anilines is 1. The minimum atomic E-state index is -0.705. The highest BCUT2D eigenvalue weighted by Crippen LogP contribution is 2.43. The van der Waals surface area contributed by atoms with Gasteiger partial charge in [0.1, 0.15) is 23.0 Å². The molecule has 0 radical (unpaired) electrons. The number of hydrogen-bond donors (Lipinski definition) is 0. The normalized spacial score (nSPS) is 13.2. The molecule has 5 aromatic carbocycles. The Hall–Kier alpha value is -8.18. The maximum atomic E-state index is 13.9. The van der Waals surface area contributed by atoms with Gasteiger partial charge < -0.3 is 33.2 Å². The minimum absolute atomic E-state index is 0.0487. The molecule has 0 bridgehead atoms. The fourth-order valence-corrected chi connectivity index (χ4v) is 13.1. The maximum absolute atomic E-state index is 13.9. The molecule has 602 valence electrons. The van der Waals surface area contributed by atoms with Crippen molar-refractivity contribution in [3.8, 4) is 40.2 Å². The maximum Gasteiger partial charge on any atom is 0.268 e. The summed E-state index contributed by atoms with van der Waals surface area (Å²) in [4.78, 5) is 58.8. The van der Waals surface area contributed by atoms with Crippen LogP contribution in [-0.2, 0) is 9.59 Å². The number of carbonyl (C=O) groups is 2. The number of hydrogen-bond acceptors (Lipinski definition) is 13. The number of isocyanates is 2. The van der Waals surface area contributed by atoms with Gasteiger partial charge in [0.15, 0.2) is 11.5 Å². The van der Waals surface area contributed by atoms with Crippen LogP contribution in [0.3, 0.4) is 0 Å². The van der Waals surface area contributed by atoms with Gasteiger partial charge in [-0.25, -0.2) is 14.5 Å². The minimum Gasteiger partial charge on any atom is -0.493 e. The molecule has 14 heteroatoms. The second-order valence-corrected chi connectivity index (χ2v) is 30.9. The first kappa shape index (κ1) is 90.7. The molecule has 0 aromatic heterocycles. The molecule has 2 amide bonds. The van der Waals surface area contributed by atoms with Gasteiger partial charge in [0.05, 0.1) is 74.4 Å². The van der Waals surface area contributed by atoms with Gasteiger partial charge in [-0.3, -0.25) is 9.59 Å². The number of benzene rings is 5. The molecule has 14 nitrogen and oxygen atoms in total. The Kier molecular flexibility index (Phi) is 44.2. The number of ether oxygens (including phenoxy) is 7. The molecule has 0 N–H and O–H groups in total. The predicted octanol–water partition coefficient (Wildman–Crippen LogP) is 27.5. The van der Waals surface area contributed by atoms with Crippen LogP contribution in [-0.4, -0.2) is 70.2 Å². The Labute approximate surface area is 663 Å². The van der Waals surface area contributed by atoms with Crippen molar-refractivity contribution in [1.82, 2.24) is 0 Å². The molecule has 1 aliphatic rings. The molecule has 1 aliphatic heterocycles. The van der Waals surface area contributed by atoms with Crippen LogP contribution >= 0.6 is 0 Å². The van der Waals surface area contributed by atoms with Gasteiger partial charge >= 0.3 is 0 Å². The number of carbonyl (C=O) groups excluding carboxylic acids is 4. The number of fused-ring (bicyclic) bond motifs is 1. The van der Waals surface area contributed by atoms with E-state index in [0.29, 0.717) is 75.3 Å². The van der Waals surface area contributed by atoms with Gasteiger partial charge in [-0.05, 0) is 115 Å². The van der Waals surface area contributed by atoms with Crippen molar-refractivity contribution in [2.75, 3.05) is 51.1 Å². The zero-order chi connectivity index (χ0) is 78.9. The first-order chi connectivity index (χ1) is 53.7. The number of unbranched alkanes of at least 4 members (excludes halogenated alkanes) is 27. The second-order valence-electron chi connectivity index (χ2n) is 30.9. The zero-order valence-corrected chi connectivity index (χ0v) is 69.5. The van der Waals surface area contributed by atoms with Gasteiger partial charge in [0.25, 0.3) is 11.8 Å². The monoisotopic (exact) mass is 1510 g/mol.